The van der Waals surface area contributed by atoms with Crippen LogP contribution in [-0.2, 0) is 19.1 Å². The third-order valence-corrected chi connectivity index (χ3v) is 5.95. The monoisotopic (exact) mass is 469 g/mol. The Balaban J connectivity index is 1.68. The second-order valence-electron chi connectivity index (χ2n) is 7.14. The molecule has 0 bridgehead atoms. The van der Waals surface area contributed by atoms with Gasteiger partial charge in [-0.05, 0) is 42.8 Å². The molecule has 1 fully saturated rings. The van der Waals surface area contributed by atoms with Gasteiger partial charge in [0.2, 0.25) is 11.8 Å². The normalized spacial score (nSPS) is 16.6. The maximum Gasteiger partial charge on any atom is 0.335 e. The van der Waals surface area contributed by atoms with E-state index in [0.29, 0.717) is 23.0 Å². The molecule has 2 N–H and O–H groups in total. The molecule has 3 rings (SSSR count). The number of nitrogens with one attached hydrogen (secondary N) is 1. The van der Waals surface area contributed by atoms with E-state index in [2.05, 4.69) is 15.0 Å². The fourth-order valence-electron chi connectivity index (χ4n) is 3.10. The Labute approximate surface area is 194 Å². The summed E-state index contributed by atoms with van der Waals surface area (Å²) >= 11 is 1.20. The maximum absolute atomic E-state index is 13.0. The number of nitrogens with zero attached hydrogens (tertiary/aromatic N) is 2. The average Bonchev–Trinajstić information content (AvgIpc) is 3.08. The Morgan fingerprint density at radius 1 is 1.12 bits per heavy atom. The van der Waals surface area contributed by atoms with Gasteiger partial charge in [-0.3, -0.25) is 19.3 Å². The van der Waals surface area contributed by atoms with Crippen LogP contribution < -0.4 is 5.32 Å². The average molecular weight is 470 g/mol. The largest absolute Gasteiger partial charge is 0.478 e. The van der Waals surface area contributed by atoms with Crippen molar-refractivity contribution in [1.82, 2.24) is 4.90 Å². The summed E-state index contributed by atoms with van der Waals surface area (Å²) < 4.78 is 4.65. The summed E-state index contributed by atoms with van der Waals surface area (Å²) in [6.45, 7) is 0.279. The number of hydrogen-bond donors (Lipinski definition) is 2. The lowest BCUT2D eigenvalue weighted by atomic mass is 10.2. The number of thioether (sulfide) groups is 1. The van der Waals surface area contributed by atoms with E-state index in [1.54, 1.807) is 0 Å². The molecule has 1 heterocycles. The molecule has 0 spiro atoms. The highest BCUT2D eigenvalue weighted by molar-refractivity contribution is 8.15. The number of methoxy groups -OCH3 is 1. The smallest absolute Gasteiger partial charge is 0.335 e. The number of carbonyl (C=O) groups is 4. The number of benzene rings is 2. The van der Waals surface area contributed by atoms with Crippen molar-refractivity contribution >= 4 is 52.1 Å². The number of carboxylic acids is 1. The molecule has 0 aliphatic carbocycles. The van der Waals surface area contributed by atoms with Gasteiger partial charge in [0.15, 0.2) is 5.17 Å². The minimum Gasteiger partial charge on any atom is -0.478 e. The van der Waals surface area contributed by atoms with Gasteiger partial charge in [-0.2, -0.15) is 0 Å². The molecule has 1 unspecified atom stereocenters. The zero-order valence-electron chi connectivity index (χ0n) is 17.9. The van der Waals surface area contributed by atoms with E-state index in [-0.39, 0.29) is 42.7 Å². The number of aliphatic imine (C=N–C) groups is 1. The molecule has 1 atom stereocenters. The quantitative estimate of drug-likeness (QED) is 0.540. The van der Waals surface area contributed by atoms with Crippen LogP contribution in [0.3, 0.4) is 0 Å². The van der Waals surface area contributed by atoms with Crippen molar-refractivity contribution in [2.45, 2.75) is 24.5 Å². The van der Waals surface area contributed by atoms with Crippen LogP contribution in [-0.4, -0.2) is 57.8 Å². The van der Waals surface area contributed by atoms with Gasteiger partial charge in [-0.1, -0.05) is 30.0 Å². The second kappa shape index (κ2) is 11.3. The SMILES string of the molecule is COC(=O)CCCN1C(=O)C(CC(=O)Nc2ccc(C(=O)O)cc2)SC1=Nc1ccccc1. The first-order valence-electron chi connectivity index (χ1n) is 10.2. The lowest BCUT2D eigenvalue weighted by Crippen LogP contribution is -2.34. The van der Waals surface area contributed by atoms with Crippen LogP contribution in [0.4, 0.5) is 11.4 Å². The van der Waals surface area contributed by atoms with Gasteiger partial charge in [0.25, 0.3) is 0 Å². The summed E-state index contributed by atoms with van der Waals surface area (Å²) in [5.41, 5.74) is 1.22. The predicted octanol–water partition coefficient (Wildman–Crippen LogP) is 3.30. The molecule has 1 aliphatic rings. The number of aromatic carboxylic acids is 1. The van der Waals surface area contributed by atoms with Gasteiger partial charge in [-0.15, -0.1) is 0 Å². The Bertz CT molecular complexity index is 1060. The van der Waals surface area contributed by atoms with Crippen LogP contribution in [0, 0.1) is 0 Å². The molecular formula is C23H23N3O6S. The van der Waals surface area contributed by atoms with E-state index < -0.39 is 11.2 Å². The van der Waals surface area contributed by atoms with Crippen molar-refractivity contribution in [2.24, 2.45) is 4.99 Å². The third kappa shape index (κ3) is 6.66. The van der Waals surface area contributed by atoms with Crippen molar-refractivity contribution in [2.75, 3.05) is 19.0 Å². The van der Waals surface area contributed by atoms with Crippen LogP contribution in [0.15, 0.2) is 59.6 Å². The number of esters is 1. The summed E-state index contributed by atoms with van der Waals surface area (Å²) in [5.74, 6) is -2.05. The van der Waals surface area contributed by atoms with Crippen LogP contribution in [0.25, 0.3) is 0 Å². The standard InChI is InChI=1S/C23H23N3O6S/c1-32-20(28)8-5-13-26-21(29)18(33-23(26)25-16-6-3-2-4-7-16)14-19(27)24-17-11-9-15(10-12-17)22(30)31/h2-4,6-7,9-12,18H,5,8,13-14H2,1H3,(H,24,27)(H,30,31). The number of ether oxygens (including phenoxy) is 1. The summed E-state index contributed by atoms with van der Waals surface area (Å²) in [7, 11) is 1.31. The number of para-hydroxylation sites is 1. The first kappa shape index (κ1) is 24.0. The molecule has 2 aromatic carbocycles. The van der Waals surface area contributed by atoms with Crippen LogP contribution in [0.2, 0.25) is 0 Å². The molecule has 9 nitrogen and oxygen atoms in total. The number of rotatable bonds is 9. The summed E-state index contributed by atoms with van der Waals surface area (Å²) in [5, 5.41) is 11.5. The Morgan fingerprint density at radius 3 is 2.45 bits per heavy atom. The van der Waals surface area contributed by atoms with Gasteiger partial charge in [0.1, 0.15) is 5.25 Å². The van der Waals surface area contributed by atoms with E-state index in [0.717, 1.165) is 0 Å². The van der Waals surface area contributed by atoms with E-state index in [4.69, 9.17) is 5.11 Å². The fraction of sp³-hybridized carbons (Fsp3) is 0.261. The number of carbonyl (C=O) groups excluding carboxylic acids is 3. The van der Waals surface area contributed by atoms with E-state index in [1.807, 2.05) is 30.3 Å². The number of anilines is 1. The number of carboxylic acid groups (broad SMARTS) is 1. The Hall–Kier alpha value is -3.66. The van der Waals surface area contributed by atoms with Crippen LogP contribution in [0.5, 0.6) is 0 Å². The number of hydrogen-bond acceptors (Lipinski definition) is 7. The topological polar surface area (TPSA) is 125 Å². The second-order valence-corrected chi connectivity index (χ2v) is 8.31. The molecule has 0 aromatic heterocycles. The zero-order chi connectivity index (χ0) is 23.8. The number of amides is 2. The van der Waals surface area contributed by atoms with Gasteiger partial charge in [0, 0.05) is 25.1 Å². The first-order valence-corrected chi connectivity index (χ1v) is 11.1. The van der Waals surface area contributed by atoms with Gasteiger partial charge >= 0.3 is 11.9 Å². The molecule has 1 saturated heterocycles. The molecule has 10 heteroatoms. The van der Waals surface area contributed by atoms with Crippen molar-refractivity contribution in [1.29, 1.82) is 0 Å². The molecule has 172 valence electrons. The maximum atomic E-state index is 13.0. The molecule has 1 aliphatic heterocycles. The zero-order valence-corrected chi connectivity index (χ0v) is 18.7. The molecule has 33 heavy (non-hydrogen) atoms. The minimum absolute atomic E-state index is 0.0779. The van der Waals surface area contributed by atoms with Crippen molar-refractivity contribution < 1.29 is 29.0 Å². The van der Waals surface area contributed by atoms with Crippen molar-refractivity contribution in [3.63, 3.8) is 0 Å². The van der Waals surface area contributed by atoms with Gasteiger partial charge in [-0.25, -0.2) is 9.79 Å². The van der Waals surface area contributed by atoms with Gasteiger partial charge in [0.05, 0.1) is 18.4 Å². The Morgan fingerprint density at radius 2 is 1.82 bits per heavy atom. The van der Waals surface area contributed by atoms with Crippen molar-refractivity contribution in [3.8, 4) is 0 Å². The summed E-state index contributed by atoms with van der Waals surface area (Å²) in [6.07, 6.45) is 0.494. The fourth-order valence-corrected chi connectivity index (χ4v) is 4.29. The lowest BCUT2D eigenvalue weighted by molar-refractivity contribution is -0.141. The Kier molecular flexibility index (Phi) is 8.20. The molecule has 0 saturated carbocycles. The van der Waals surface area contributed by atoms with Crippen LogP contribution in [0.1, 0.15) is 29.6 Å². The number of amidine groups is 1. The molecular weight excluding hydrogens is 446 g/mol. The van der Waals surface area contributed by atoms with E-state index >= 15 is 0 Å². The molecule has 2 aromatic rings. The first-order chi connectivity index (χ1) is 15.9. The summed E-state index contributed by atoms with van der Waals surface area (Å²) in [6, 6.07) is 14.9. The summed E-state index contributed by atoms with van der Waals surface area (Å²) in [4.78, 5) is 54.0. The lowest BCUT2D eigenvalue weighted by Gasteiger charge is -2.16. The van der Waals surface area contributed by atoms with E-state index in [1.165, 1.54) is 48.0 Å². The predicted molar refractivity (Wildman–Crippen MR) is 125 cm³/mol. The highest BCUT2D eigenvalue weighted by atomic mass is 32.2. The van der Waals surface area contributed by atoms with Gasteiger partial charge < -0.3 is 15.2 Å². The highest BCUT2D eigenvalue weighted by Gasteiger charge is 2.39. The van der Waals surface area contributed by atoms with E-state index in [9.17, 15) is 19.2 Å². The highest BCUT2D eigenvalue weighted by Crippen LogP contribution is 2.32. The minimum atomic E-state index is -1.06. The molecule has 0 radical (unpaired) electrons. The van der Waals surface area contributed by atoms with Crippen LogP contribution >= 0.6 is 11.8 Å². The third-order valence-electron chi connectivity index (χ3n) is 4.78. The molecule has 2 amide bonds. The van der Waals surface area contributed by atoms with Crippen molar-refractivity contribution in [3.05, 3.63) is 60.2 Å².